The third kappa shape index (κ3) is 2.95. The average molecular weight is 345 g/mol. The molecule has 0 saturated carbocycles. The Kier molecular flexibility index (Phi) is 4.19. The summed E-state index contributed by atoms with van der Waals surface area (Å²) in [7, 11) is 1.64. The molecule has 0 spiro atoms. The minimum Gasteiger partial charge on any atom is -0.497 e. The highest BCUT2D eigenvalue weighted by atomic mass is 16.5. The summed E-state index contributed by atoms with van der Waals surface area (Å²) in [4.78, 5) is 13.1. The topological polar surface area (TPSA) is 53.6 Å². The molecule has 0 bridgehead atoms. The van der Waals surface area contributed by atoms with Crippen molar-refractivity contribution >= 4 is 17.3 Å². The van der Waals surface area contributed by atoms with Gasteiger partial charge in [0.15, 0.2) is 0 Å². The number of amides is 1. The minimum atomic E-state index is -0.344. The van der Waals surface area contributed by atoms with Crippen molar-refractivity contribution in [1.82, 2.24) is 5.01 Å². The quantitative estimate of drug-likeness (QED) is 0.741. The smallest absolute Gasteiger partial charge is 0.276 e. The van der Waals surface area contributed by atoms with Gasteiger partial charge in [-0.2, -0.15) is 0 Å². The summed E-state index contributed by atoms with van der Waals surface area (Å²) in [6.45, 7) is 0. The maximum Gasteiger partial charge on any atom is 0.276 e. The summed E-state index contributed by atoms with van der Waals surface area (Å²) in [5.74, 6) is 0.697. The second kappa shape index (κ2) is 6.80. The zero-order valence-electron chi connectivity index (χ0n) is 14.3. The van der Waals surface area contributed by atoms with Crippen molar-refractivity contribution in [1.29, 1.82) is 0 Å². The fourth-order valence-corrected chi connectivity index (χ4v) is 3.04. The number of nitrogens with zero attached hydrogens (tertiary/aromatic N) is 1. The maximum atomic E-state index is 13.1. The first-order valence-corrected chi connectivity index (χ1v) is 8.41. The lowest BCUT2D eigenvalue weighted by Crippen LogP contribution is -2.46. The number of hydrogen-bond donors (Lipinski definition) is 2. The second-order valence-corrected chi connectivity index (χ2v) is 6.02. The van der Waals surface area contributed by atoms with Gasteiger partial charge in [0.2, 0.25) is 0 Å². The molecule has 1 aliphatic rings. The van der Waals surface area contributed by atoms with Gasteiger partial charge in [-0.05, 0) is 42.0 Å². The number of carbonyl (C=O) groups excluding carboxylic acids is 1. The highest BCUT2D eigenvalue weighted by Crippen LogP contribution is 2.33. The van der Waals surface area contributed by atoms with Gasteiger partial charge in [-0.1, -0.05) is 42.5 Å². The van der Waals surface area contributed by atoms with Crippen LogP contribution in [0.2, 0.25) is 0 Å². The molecule has 130 valence electrons. The number of nitrogens with one attached hydrogen (secondary N) is 2. The van der Waals surface area contributed by atoms with Crippen LogP contribution in [-0.2, 0) is 0 Å². The number of para-hydroxylation sites is 2. The van der Waals surface area contributed by atoms with Crippen LogP contribution in [0.15, 0.2) is 78.9 Å². The fourth-order valence-electron chi connectivity index (χ4n) is 3.04. The average Bonchev–Trinajstić information content (AvgIpc) is 2.71. The second-order valence-electron chi connectivity index (χ2n) is 6.02. The summed E-state index contributed by atoms with van der Waals surface area (Å²) < 4.78 is 5.24. The SMILES string of the molecule is COc1ccc(C2Nc3ccccc3C(=O)N2Nc2ccccc2)cc1. The molecule has 1 aliphatic heterocycles. The van der Waals surface area contributed by atoms with Crippen LogP contribution >= 0.6 is 0 Å². The summed E-state index contributed by atoms with van der Waals surface area (Å²) in [5.41, 5.74) is 6.51. The van der Waals surface area contributed by atoms with Gasteiger partial charge in [0.05, 0.1) is 18.4 Å². The normalized spacial score (nSPS) is 15.8. The Morgan fingerprint density at radius 1 is 0.923 bits per heavy atom. The predicted octanol–water partition coefficient (Wildman–Crippen LogP) is 4.29. The molecule has 0 fully saturated rings. The Hall–Kier alpha value is -3.47. The van der Waals surface area contributed by atoms with E-state index in [1.807, 2.05) is 78.9 Å². The predicted molar refractivity (Wildman–Crippen MR) is 102 cm³/mol. The number of fused-ring (bicyclic) bond motifs is 1. The molecular formula is C21H19N3O2. The molecule has 0 aromatic heterocycles. The molecule has 1 heterocycles. The number of ether oxygens (including phenoxy) is 1. The monoisotopic (exact) mass is 345 g/mol. The van der Waals surface area contributed by atoms with Gasteiger partial charge in [0.1, 0.15) is 11.9 Å². The first kappa shape index (κ1) is 16.0. The molecule has 1 amide bonds. The van der Waals surface area contributed by atoms with Gasteiger partial charge in [-0.3, -0.25) is 10.2 Å². The van der Waals surface area contributed by atoms with Crippen molar-refractivity contribution in [3.63, 3.8) is 0 Å². The third-order valence-corrected chi connectivity index (χ3v) is 4.38. The lowest BCUT2D eigenvalue weighted by Gasteiger charge is -2.38. The maximum absolute atomic E-state index is 13.1. The molecule has 4 rings (SSSR count). The number of methoxy groups -OCH3 is 1. The van der Waals surface area contributed by atoms with Crippen molar-refractivity contribution < 1.29 is 9.53 Å². The van der Waals surface area contributed by atoms with Crippen LogP contribution in [-0.4, -0.2) is 18.0 Å². The van der Waals surface area contributed by atoms with E-state index in [2.05, 4.69) is 10.7 Å². The Morgan fingerprint density at radius 3 is 2.35 bits per heavy atom. The number of hydrazine groups is 1. The molecule has 0 aliphatic carbocycles. The number of benzene rings is 3. The number of carbonyl (C=O) groups is 1. The van der Waals surface area contributed by atoms with Crippen LogP contribution in [0.1, 0.15) is 22.1 Å². The highest BCUT2D eigenvalue weighted by molar-refractivity contribution is 6.02. The zero-order valence-corrected chi connectivity index (χ0v) is 14.3. The van der Waals surface area contributed by atoms with Gasteiger partial charge in [-0.15, -0.1) is 0 Å². The van der Waals surface area contributed by atoms with Crippen LogP contribution < -0.4 is 15.5 Å². The third-order valence-electron chi connectivity index (χ3n) is 4.38. The van der Waals surface area contributed by atoms with E-state index >= 15 is 0 Å². The van der Waals surface area contributed by atoms with E-state index in [1.54, 1.807) is 12.1 Å². The summed E-state index contributed by atoms with van der Waals surface area (Å²) in [6.07, 6.45) is -0.344. The molecule has 26 heavy (non-hydrogen) atoms. The summed E-state index contributed by atoms with van der Waals surface area (Å²) in [6, 6.07) is 24.9. The van der Waals surface area contributed by atoms with Crippen molar-refractivity contribution in [3.05, 3.63) is 90.0 Å². The lowest BCUT2D eigenvalue weighted by molar-refractivity contribution is 0.0733. The first-order chi connectivity index (χ1) is 12.8. The van der Waals surface area contributed by atoms with E-state index < -0.39 is 0 Å². The molecule has 5 nitrogen and oxygen atoms in total. The van der Waals surface area contributed by atoms with Gasteiger partial charge < -0.3 is 10.1 Å². The van der Waals surface area contributed by atoms with Gasteiger partial charge in [0.25, 0.3) is 5.91 Å². The number of anilines is 2. The number of rotatable bonds is 4. The summed E-state index contributed by atoms with van der Waals surface area (Å²) in [5, 5.41) is 5.08. The van der Waals surface area contributed by atoms with Crippen LogP contribution in [0, 0.1) is 0 Å². The van der Waals surface area contributed by atoms with Crippen molar-refractivity contribution in [2.45, 2.75) is 6.17 Å². The largest absolute Gasteiger partial charge is 0.497 e. The molecular weight excluding hydrogens is 326 g/mol. The zero-order chi connectivity index (χ0) is 17.9. The van der Waals surface area contributed by atoms with Gasteiger partial charge >= 0.3 is 0 Å². The van der Waals surface area contributed by atoms with E-state index in [-0.39, 0.29) is 12.1 Å². The van der Waals surface area contributed by atoms with Crippen molar-refractivity contribution in [3.8, 4) is 5.75 Å². The Bertz CT molecular complexity index is 910. The molecule has 5 heteroatoms. The summed E-state index contributed by atoms with van der Waals surface area (Å²) >= 11 is 0. The molecule has 3 aromatic rings. The molecule has 0 saturated heterocycles. The Morgan fingerprint density at radius 2 is 1.62 bits per heavy atom. The van der Waals surface area contributed by atoms with E-state index in [4.69, 9.17) is 4.74 Å². The minimum absolute atomic E-state index is 0.0796. The molecule has 3 aromatic carbocycles. The standard InChI is InChI=1S/C21H19N3O2/c1-26-17-13-11-15(12-14-17)20-22-19-10-6-5-9-18(19)21(25)24(20)23-16-7-3-2-4-8-16/h2-14,20,22-23H,1H3. The Balaban J connectivity index is 1.73. The Labute approximate surface area is 152 Å². The van der Waals surface area contributed by atoms with Gasteiger partial charge in [-0.25, -0.2) is 5.01 Å². The molecule has 0 radical (unpaired) electrons. The fraction of sp³-hybridized carbons (Fsp3) is 0.0952. The van der Waals surface area contributed by atoms with E-state index in [1.165, 1.54) is 0 Å². The van der Waals surface area contributed by atoms with E-state index in [0.29, 0.717) is 5.56 Å². The lowest BCUT2D eigenvalue weighted by atomic mass is 10.0. The van der Waals surface area contributed by atoms with E-state index in [9.17, 15) is 4.79 Å². The van der Waals surface area contributed by atoms with Crippen LogP contribution in [0.5, 0.6) is 5.75 Å². The molecule has 1 unspecified atom stereocenters. The highest BCUT2D eigenvalue weighted by Gasteiger charge is 2.33. The van der Waals surface area contributed by atoms with Crippen molar-refractivity contribution in [2.24, 2.45) is 0 Å². The van der Waals surface area contributed by atoms with Crippen molar-refractivity contribution in [2.75, 3.05) is 17.9 Å². The first-order valence-electron chi connectivity index (χ1n) is 8.41. The number of hydrogen-bond acceptors (Lipinski definition) is 4. The van der Waals surface area contributed by atoms with Crippen LogP contribution in [0.3, 0.4) is 0 Å². The molecule has 2 N–H and O–H groups in total. The molecule has 1 atom stereocenters. The van der Waals surface area contributed by atoms with Gasteiger partial charge in [0, 0.05) is 5.69 Å². The van der Waals surface area contributed by atoms with Crippen LogP contribution in [0.25, 0.3) is 0 Å². The van der Waals surface area contributed by atoms with E-state index in [0.717, 1.165) is 22.7 Å². The van der Waals surface area contributed by atoms with Crippen LogP contribution in [0.4, 0.5) is 11.4 Å².